The van der Waals surface area contributed by atoms with Crippen LogP contribution >= 0.6 is 0 Å². The van der Waals surface area contributed by atoms with Gasteiger partial charge < -0.3 is 19.8 Å². The van der Waals surface area contributed by atoms with Crippen molar-refractivity contribution >= 4 is 28.2 Å². The van der Waals surface area contributed by atoms with Crippen molar-refractivity contribution in [3.05, 3.63) is 65.9 Å². The number of nitrogens with zero attached hydrogens (tertiary/aromatic N) is 3. The van der Waals surface area contributed by atoms with Crippen molar-refractivity contribution in [3.63, 3.8) is 0 Å². The zero-order valence-electron chi connectivity index (χ0n) is 15.7. The standard InChI is InChI=1S/C20H18FN5O3/c1-25-11-13(12-5-3-4-6-17(12)25)15-7-8-22-20(23-15)24-16-10-18(26(27)28)14(21)9-19(16)29-2/h3-11,26-27H,1-2H3,(H,22,23,24). The van der Waals surface area contributed by atoms with Crippen molar-refractivity contribution in [3.8, 4) is 17.0 Å². The van der Waals surface area contributed by atoms with E-state index < -0.39 is 16.7 Å². The lowest BCUT2D eigenvalue weighted by Gasteiger charge is -2.16. The quantitative estimate of drug-likeness (QED) is 0.450. The molecule has 0 spiro atoms. The lowest BCUT2D eigenvalue weighted by molar-refractivity contribution is -0.992. The van der Waals surface area contributed by atoms with Crippen LogP contribution in [0.15, 0.2) is 54.9 Å². The van der Waals surface area contributed by atoms with Gasteiger partial charge in [0.2, 0.25) is 11.6 Å². The van der Waals surface area contributed by atoms with Crippen LogP contribution in [0.25, 0.3) is 22.2 Å². The molecule has 4 aromatic rings. The van der Waals surface area contributed by atoms with E-state index in [1.54, 1.807) is 12.3 Å². The molecule has 8 nitrogen and oxygen atoms in total. The Hall–Kier alpha value is -3.53. The minimum Gasteiger partial charge on any atom is -0.595 e. The van der Waals surface area contributed by atoms with Crippen molar-refractivity contribution < 1.29 is 19.6 Å². The number of hydrogen-bond acceptors (Lipinski definition) is 6. The van der Waals surface area contributed by atoms with Gasteiger partial charge in [-0.15, -0.1) is 0 Å². The maximum Gasteiger partial charge on any atom is 0.227 e. The Morgan fingerprint density at radius 3 is 2.79 bits per heavy atom. The van der Waals surface area contributed by atoms with Gasteiger partial charge in [-0.2, -0.15) is 5.23 Å². The summed E-state index contributed by atoms with van der Waals surface area (Å²) in [4.78, 5) is 8.74. The molecule has 148 valence electrons. The fourth-order valence-corrected chi connectivity index (χ4v) is 3.22. The van der Waals surface area contributed by atoms with E-state index in [-0.39, 0.29) is 17.4 Å². The van der Waals surface area contributed by atoms with E-state index in [0.29, 0.717) is 5.69 Å². The first kappa shape index (κ1) is 18.8. The number of nitrogens with one attached hydrogen (secondary N) is 2. The van der Waals surface area contributed by atoms with Gasteiger partial charge in [-0.3, -0.25) is 0 Å². The first-order valence-corrected chi connectivity index (χ1v) is 8.73. The Morgan fingerprint density at radius 2 is 2.03 bits per heavy atom. The average Bonchev–Trinajstić information content (AvgIpc) is 3.06. The van der Waals surface area contributed by atoms with Crippen LogP contribution in [0.1, 0.15) is 0 Å². The van der Waals surface area contributed by atoms with Crippen molar-refractivity contribution in [1.82, 2.24) is 14.5 Å². The molecule has 0 fully saturated rings. The Morgan fingerprint density at radius 1 is 1.24 bits per heavy atom. The molecule has 0 aliphatic rings. The minimum atomic E-state index is -1.38. The summed E-state index contributed by atoms with van der Waals surface area (Å²) in [7, 11) is 3.33. The molecule has 0 saturated carbocycles. The molecule has 0 aliphatic heterocycles. The van der Waals surface area contributed by atoms with Crippen molar-refractivity contribution in [1.29, 1.82) is 0 Å². The maximum atomic E-state index is 13.9. The first-order chi connectivity index (χ1) is 14.0. The lowest BCUT2D eigenvalue weighted by Crippen LogP contribution is -2.99. The molecule has 0 amide bonds. The normalized spacial score (nSPS) is 12.2. The Bertz CT molecular complexity index is 1190. The smallest absolute Gasteiger partial charge is 0.227 e. The highest BCUT2D eigenvalue weighted by atomic mass is 19.1. The topological polar surface area (TPSA) is 99.7 Å². The molecule has 0 aliphatic carbocycles. The fraction of sp³-hybridized carbons (Fsp3) is 0.100. The number of quaternary nitrogens is 1. The second-order valence-corrected chi connectivity index (χ2v) is 6.40. The minimum absolute atomic E-state index is 0.145. The number of aryl methyl sites for hydroxylation is 1. The molecule has 9 heteroatoms. The molecule has 0 radical (unpaired) electrons. The van der Waals surface area contributed by atoms with Gasteiger partial charge >= 0.3 is 0 Å². The number of anilines is 2. The Labute approximate surface area is 165 Å². The van der Waals surface area contributed by atoms with Gasteiger partial charge in [-0.1, -0.05) is 18.2 Å². The van der Waals surface area contributed by atoms with Crippen molar-refractivity contribution in [2.75, 3.05) is 12.4 Å². The summed E-state index contributed by atoms with van der Waals surface area (Å²) in [6.07, 6.45) is 3.58. The zero-order valence-corrected chi connectivity index (χ0v) is 15.7. The SMILES string of the molecule is COc1cc(F)c([NH+]([O-])O)cc1Nc1nccc(-c2cn(C)c3ccccc23)n1. The third kappa shape index (κ3) is 3.49. The van der Waals surface area contributed by atoms with Crippen LogP contribution in [0.2, 0.25) is 0 Å². The third-order valence-corrected chi connectivity index (χ3v) is 4.59. The van der Waals surface area contributed by atoms with E-state index in [4.69, 9.17) is 4.74 Å². The number of rotatable bonds is 5. The van der Waals surface area contributed by atoms with Gasteiger partial charge in [0, 0.05) is 48.0 Å². The van der Waals surface area contributed by atoms with Crippen molar-refractivity contribution in [2.45, 2.75) is 0 Å². The highest BCUT2D eigenvalue weighted by Crippen LogP contribution is 2.32. The predicted octanol–water partition coefficient (Wildman–Crippen LogP) is 2.93. The van der Waals surface area contributed by atoms with E-state index in [9.17, 15) is 14.8 Å². The van der Waals surface area contributed by atoms with Crippen LogP contribution in [0.3, 0.4) is 0 Å². The summed E-state index contributed by atoms with van der Waals surface area (Å²) < 4.78 is 21.1. The average molecular weight is 395 g/mol. The van der Waals surface area contributed by atoms with Crippen LogP contribution < -0.4 is 15.3 Å². The summed E-state index contributed by atoms with van der Waals surface area (Å²) in [5.74, 6) is -0.506. The van der Waals surface area contributed by atoms with E-state index in [1.807, 2.05) is 42.1 Å². The number of hydrogen-bond donors (Lipinski definition) is 3. The van der Waals surface area contributed by atoms with Gasteiger partial charge in [-0.25, -0.2) is 19.6 Å². The van der Waals surface area contributed by atoms with Crippen LogP contribution in [-0.2, 0) is 7.05 Å². The van der Waals surface area contributed by atoms with Crippen LogP contribution in [0.4, 0.5) is 21.7 Å². The lowest BCUT2D eigenvalue weighted by atomic mass is 10.1. The summed E-state index contributed by atoms with van der Waals surface area (Å²) in [5.41, 5.74) is 2.48. The van der Waals surface area contributed by atoms with Gasteiger partial charge in [-0.05, 0) is 12.1 Å². The van der Waals surface area contributed by atoms with Crippen molar-refractivity contribution in [2.24, 2.45) is 7.05 Å². The highest BCUT2D eigenvalue weighted by molar-refractivity contribution is 5.95. The van der Waals surface area contributed by atoms with E-state index in [2.05, 4.69) is 15.3 Å². The number of benzene rings is 2. The van der Waals surface area contributed by atoms with Crippen LogP contribution in [-0.4, -0.2) is 26.9 Å². The Balaban J connectivity index is 1.74. The second kappa shape index (κ2) is 7.47. The number of para-hydroxylation sites is 1. The zero-order chi connectivity index (χ0) is 20.5. The molecular formula is C20H18FN5O3. The second-order valence-electron chi connectivity index (χ2n) is 6.40. The van der Waals surface area contributed by atoms with E-state index in [1.165, 1.54) is 7.11 Å². The molecular weight excluding hydrogens is 377 g/mol. The number of methoxy groups -OCH3 is 1. The molecule has 2 heterocycles. The molecule has 2 aromatic carbocycles. The number of fused-ring (bicyclic) bond motifs is 1. The number of aromatic nitrogens is 3. The predicted molar refractivity (Wildman–Crippen MR) is 106 cm³/mol. The van der Waals surface area contributed by atoms with Gasteiger partial charge in [0.15, 0.2) is 5.82 Å². The molecule has 0 bridgehead atoms. The maximum absolute atomic E-state index is 13.9. The number of ether oxygens (including phenoxy) is 1. The third-order valence-electron chi connectivity index (χ3n) is 4.59. The molecule has 1 atom stereocenters. The summed E-state index contributed by atoms with van der Waals surface area (Å²) in [6.45, 7) is 0. The monoisotopic (exact) mass is 395 g/mol. The highest BCUT2D eigenvalue weighted by Gasteiger charge is 2.17. The summed E-state index contributed by atoms with van der Waals surface area (Å²) >= 11 is 0. The van der Waals surface area contributed by atoms with Crippen LogP contribution in [0, 0.1) is 11.0 Å². The molecule has 0 saturated heterocycles. The van der Waals surface area contributed by atoms with E-state index in [0.717, 1.165) is 28.6 Å². The largest absolute Gasteiger partial charge is 0.595 e. The molecule has 29 heavy (non-hydrogen) atoms. The number of halogens is 1. The molecule has 2 aromatic heterocycles. The molecule has 1 unspecified atom stereocenters. The van der Waals surface area contributed by atoms with Crippen LogP contribution in [0.5, 0.6) is 5.75 Å². The molecule has 4 rings (SSSR count). The summed E-state index contributed by atoms with van der Waals surface area (Å²) in [5, 5.41) is 23.0. The van der Waals surface area contributed by atoms with Gasteiger partial charge in [0.05, 0.1) is 18.5 Å². The Kier molecular flexibility index (Phi) is 4.85. The first-order valence-electron chi connectivity index (χ1n) is 8.73. The van der Waals surface area contributed by atoms with Gasteiger partial charge in [0.1, 0.15) is 5.75 Å². The molecule has 3 N–H and O–H groups in total. The summed E-state index contributed by atoms with van der Waals surface area (Å²) in [6, 6.07) is 11.9. The van der Waals surface area contributed by atoms with E-state index >= 15 is 0 Å². The fourth-order valence-electron chi connectivity index (χ4n) is 3.22. The van der Waals surface area contributed by atoms with Gasteiger partial charge in [0.25, 0.3) is 0 Å².